The van der Waals surface area contributed by atoms with Gasteiger partial charge in [0.25, 0.3) is 11.2 Å². The van der Waals surface area contributed by atoms with Crippen LogP contribution in [0.5, 0.6) is 11.5 Å². The monoisotopic (exact) mass is 650 g/mol. The van der Waals surface area contributed by atoms with Gasteiger partial charge in [-0.2, -0.15) is 0 Å². The second-order valence-corrected chi connectivity index (χ2v) is 13.9. The predicted molar refractivity (Wildman–Crippen MR) is 160 cm³/mol. The van der Waals surface area contributed by atoms with Crippen molar-refractivity contribution in [2.24, 2.45) is 10.8 Å². The number of hydrogen-bond acceptors (Lipinski definition) is 12. The largest absolute Gasteiger partial charge is 0.493 e. The van der Waals surface area contributed by atoms with Gasteiger partial charge in [-0.3, -0.25) is 9.59 Å². The van der Waals surface area contributed by atoms with Crippen LogP contribution in [0.3, 0.4) is 0 Å². The molecule has 0 radical (unpaired) electrons. The van der Waals surface area contributed by atoms with E-state index in [4.69, 9.17) is 37.9 Å². The van der Waals surface area contributed by atoms with Crippen molar-refractivity contribution >= 4 is 23.5 Å². The molecule has 4 saturated heterocycles. The number of ketones is 2. The normalized spacial score (nSPS) is 37.5. The van der Waals surface area contributed by atoms with Gasteiger partial charge in [-0.15, -0.1) is 0 Å². The summed E-state index contributed by atoms with van der Waals surface area (Å²) in [6.45, 7) is 9.38. The van der Waals surface area contributed by atoms with Crippen molar-refractivity contribution in [1.82, 2.24) is 0 Å². The van der Waals surface area contributed by atoms with Gasteiger partial charge in [0.2, 0.25) is 0 Å². The van der Waals surface area contributed by atoms with Crippen molar-refractivity contribution in [2.45, 2.75) is 82.9 Å². The Morgan fingerprint density at radius 1 is 0.532 bits per heavy atom. The molecule has 5 aliphatic heterocycles. The van der Waals surface area contributed by atoms with E-state index in [0.717, 1.165) is 0 Å². The number of hydrogen-bond donors (Lipinski definition) is 0. The Bertz CT molecular complexity index is 1560. The molecule has 0 aliphatic carbocycles. The van der Waals surface area contributed by atoms with E-state index < -0.39 is 82.5 Å². The third-order valence-corrected chi connectivity index (χ3v) is 10.6. The van der Waals surface area contributed by atoms with Crippen LogP contribution in [-0.2, 0) is 47.6 Å². The lowest BCUT2D eigenvalue weighted by molar-refractivity contribution is -0.205. The Morgan fingerprint density at radius 3 is 1.30 bits per heavy atom. The average Bonchev–Trinajstić information content (AvgIpc) is 3.65. The van der Waals surface area contributed by atoms with E-state index in [9.17, 15) is 19.2 Å². The summed E-state index contributed by atoms with van der Waals surface area (Å²) in [6.07, 6.45) is -1.92. The number of carbonyl (C=O) groups is 4. The SMILES string of the molecule is CC12OC3c4ccccc4OCCCOc4ccccc4C4OC5(C)OC4(C(=O)OCCOC(=O)C3(O1)C(=O)C2(C)C)C(=O)C5(C)C. The molecule has 2 aromatic carbocycles. The number of rotatable bonds is 0. The minimum atomic E-state index is -2.14. The van der Waals surface area contributed by atoms with Gasteiger partial charge in [0.15, 0.2) is 23.1 Å². The molecular weight excluding hydrogens is 612 g/mol. The second-order valence-electron chi connectivity index (χ2n) is 13.9. The third-order valence-electron chi connectivity index (χ3n) is 10.6. The van der Waals surface area contributed by atoms with E-state index in [1.165, 1.54) is 0 Å². The highest BCUT2D eigenvalue weighted by Crippen LogP contribution is 2.64. The lowest BCUT2D eigenvalue weighted by Gasteiger charge is -2.39. The maximum Gasteiger partial charge on any atom is 0.349 e. The van der Waals surface area contributed by atoms with Crippen molar-refractivity contribution in [3.63, 3.8) is 0 Å². The molecule has 2 spiro atoms. The van der Waals surface area contributed by atoms with Crippen LogP contribution >= 0.6 is 0 Å². The average molecular weight is 651 g/mol. The summed E-state index contributed by atoms with van der Waals surface area (Å²) in [5.41, 5.74) is -5.78. The fourth-order valence-electron chi connectivity index (χ4n) is 7.22. The Kier molecular flexibility index (Phi) is 6.98. The van der Waals surface area contributed by atoms with E-state index in [2.05, 4.69) is 0 Å². The highest BCUT2D eigenvalue weighted by atomic mass is 16.8. The summed E-state index contributed by atoms with van der Waals surface area (Å²) in [7, 11) is 0. The fraction of sp³-hybridized carbons (Fsp3) is 0.543. The molecule has 0 N–H and O–H groups in total. The Labute approximate surface area is 271 Å². The molecule has 5 aliphatic rings. The lowest BCUT2D eigenvalue weighted by atomic mass is 9.71. The number of benzene rings is 2. The topological polar surface area (TPSA) is 142 Å². The van der Waals surface area contributed by atoms with Gasteiger partial charge in [-0.1, -0.05) is 36.4 Å². The summed E-state index contributed by atoms with van der Waals surface area (Å²) in [5, 5.41) is 0. The van der Waals surface area contributed by atoms with Crippen LogP contribution in [-0.4, -0.2) is 72.7 Å². The van der Waals surface area contributed by atoms with E-state index in [1.807, 2.05) is 0 Å². The number of esters is 2. The van der Waals surface area contributed by atoms with Crippen molar-refractivity contribution < 1.29 is 57.1 Å². The molecular formula is C35H38O12. The molecule has 250 valence electrons. The predicted octanol–water partition coefficient (Wildman–Crippen LogP) is 3.94. The summed E-state index contributed by atoms with van der Waals surface area (Å²) >= 11 is 0. The fourth-order valence-corrected chi connectivity index (χ4v) is 7.22. The lowest BCUT2D eigenvalue weighted by Crippen LogP contribution is -2.56. The highest BCUT2D eigenvalue weighted by Gasteiger charge is 2.81. The molecule has 7 rings (SSSR count). The van der Waals surface area contributed by atoms with E-state index in [1.54, 1.807) is 90.1 Å². The van der Waals surface area contributed by atoms with Gasteiger partial charge in [-0.25, -0.2) is 9.59 Å². The number of Topliss-reactive ketones (excluding diaryl/α,β-unsaturated/α-hetero) is 2. The Hall–Kier alpha value is -3.84. The first-order valence-electron chi connectivity index (χ1n) is 15.8. The van der Waals surface area contributed by atoms with Crippen LogP contribution in [0.25, 0.3) is 0 Å². The maximum atomic E-state index is 14.0. The molecule has 0 saturated carbocycles. The van der Waals surface area contributed by atoms with Crippen LogP contribution < -0.4 is 9.47 Å². The molecule has 47 heavy (non-hydrogen) atoms. The first-order valence-corrected chi connectivity index (χ1v) is 15.8. The van der Waals surface area contributed by atoms with E-state index in [0.29, 0.717) is 29.0 Å². The molecule has 5 heterocycles. The first-order chi connectivity index (χ1) is 22.2. The number of para-hydroxylation sites is 2. The summed E-state index contributed by atoms with van der Waals surface area (Å²) < 4.78 is 48.6. The van der Waals surface area contributed by atoms with Crippen LogP contribution in [0.15, 0.2) is 48.5 Å². The Morgan fingerprint density at radius 2 is 0.915 bits per heavy atom. The molecule has 4 fully saturated rings. The summed E-state index contributed by atoms with van der Waals surface area (Å²) in [6, 6.07) is 13.9. The van der Waals surface area contributed by atoms with Crippen LogP contribution in [0, 0.1) is 10.8 Å². The second kappa shape index (κ2) is 10.3. The number of ether oxygens (including phenoxy) is 8. The molecule has 6 atom stereocenters. The molecule has 4 bridgehead atoms. The minimum absolute atomic E-state index is 0.213. The maximum absolute atomic E-state index is 14.0. The molecule has 0 amide bonds. The minimum Gasteiger partial charge on any atom is -0.493 e. The molecule has 6 unspecified atom stereocenters. The summed E-state index contributed by atoms with van der Waals surface area (Å²) in [5.74, 6) is -5.06. The number of carbonyl (C=O) groups excluding carboxylic acids is 4. The van der Waals surface area contributed by atoms with Crippen molar-refractivity contribution in [2.75, 3.05) is 26.4 Å². The number of fused-ring (bicyclic) bond motifs is 6. The third kappa shape index (κ3) is 4.08. The van der Waals surface area contributed by atoms with Gasteiger partial charge >= 0.3 is 11.9 Å². The zero-order chi connectivity index (χ0) is 33.6. The molecule has 2 aromatic rings. The molecule has 12 nitrogen and oxygen atoms in total. The van der Waals surface area contributed by atoms with Crippen molar-refractivity contribution in [3.05, 3.63) is 59.7 Å². The van der Waals surface area contributed by atoms with E-state index in [-0.39, 0.29) is 13.2 Å². The van der Waals surface area contributed by atoms with Gasteiger partial charge in [0.05, 0.1) is 24.0 Å². The summed E-state index contributed by atoms with van der Waals surface area (Å²) in [4.78, 5) is 55.9. The zero-order valence-corrected chi connectivity index (χ0v) is 27.2. The van der Waals surface area contributed by atoms with Gasteiger partial charge in [0, 0.05) is 17.5 Å². The van der Waals surface area contributed by atoms with Crippen LogP contribution in [0.1, 0.15) is 71.3 Å². The highest BCUT2D eigenvalue weighted by molar-refractivity contribution is 6.14. The standard InChI is InChI=1S/C35H38O12/c1-30(2)26(36)34-24(44-32(30,5)46-34)20-12-7-9-14-22(20)40-16-11-17-41-23-15-10-8-13-21(23)25-35(29(39)43-19-18-42-28(34)38)27(37)31(3,4)33(6,45-25)47-35/h7-10,12-15,24-25H,11,16-19H2,1-6H3. The quantitative estimate of drug-likeness (QED) is 0.301. The zero-order valence-electron chi connectivity index (χ0n) is 27.2. The van der Waals surface area contributed by atoms with Gasteiger partial charge in [-0.05, 0) is 53.7 Å². The Balaban J connectivity index is 1.25. The van der Waals surface area contributed by atoms with Gasteiger partial charge < -0.3 is 37.9 Å². The van der Waals surface area contributed by atoms with Crippen molar-refractivity contribution in [1.29, 1.82) is 0 Å². The molecule has 0 aromatic heterocycles. The van der Waals surface area contributed by atoms with Crippen LogP contribution in [0.4, 0.5) is 0 Å². The van der Waals surface area contributed by atoms with Gasteiger partial charge in [0.1, 0.15) is 36.9 Å². The van der Waals surface area contributed by atoms with Crippen LogP contribution in [0.2, 0.25) is 0 Å². The number of cyclic esters (lactones) is 2. The first kappa shape index (κ1) is 31.7. The van der Waals surface area contributed by atoms with Crippen molar-refractivity contribution in [3.8, 4) is 11.5 Å². The molecule has 12 heteroatoms. The smallest absolute Gasteiger partial charge is 0.349 e. The van der Waals surface area contributed by atoms with E-state index >= 15 is 0 Å².